The molecule has 0 N–H and O–H groups in total. The van der Waals surface area contributed by atoms with Gasteiger partial charge in [-0.1, -0.05) is 97.1 Å². The molecule has 2 heterocycles. The number of rotatable bonds is 8. The Morgan fingerprint density at radius 1 is 0.846 bits per heavy atom. The van der Waals surface area contributed by atoms with Gasteiger partial charge in [-0.25, -0.2) is 0 Å². The number of piperidine rings is 2. The van der Waals surface area contributed by atoms with Gasteiger partial charge < -0.3 is 4.74 Å². The van der Waals surface area contributed by atoms with E-state index in [2.05, 4.69) is 107 Å². The van der Waals surface area contributed by atoms with Crippen LogP contribution in [0.15, 0.2) is 103 Å². The Kier molecular flexibility index (Phi) is 8.70. The second kappa shape index (κ2) is 12.5. The zero-order valence-corrected chi connectivity index (χ0v) is 22.8. The van der Waals surface area contributed by atoms with Crippen LogP contribution in [-0.2, 0) is 19.9 Å². The predicted molar refractivity (Wildman–Crippen MR) is 154 cm³/mol. The molecule has 2 saturated heterocycles. The SMILES string of the molecule is CCOC(=O)CN1CCC(/C=C2/CN(C(c3ccccc3)(c3ccccc3)c3ccccc3)CCC2=O)CC1. The summed E-state index contributed by atoms with van der Waals surface area (Å²) in [7, 11) is 0. The molecule has 5 nitrogen and oxygen atoms in total. The molecule has 3 aromatic carbocycles. The lowest BCUT2D eigenvalue weighted by Gasteiger charge is -2.47. The number of carbonyl (C=O) groups excluding carboxylic acids is 2. The van der Waals surface area contributed by atoms with Crippen LogP contribution in [0.1, 0.15) is 42.9 Å². The van der Waals surface area contributed by atoms with Crippen molar-refractivity contribution in [2.45, 2.75) is 31.7 Å². The molecular formula is C34H38N2O3. The van der Waals surface area contributed by atoms with Crippen molar-refractivity contribution in [3.05, 3.63) is 119 Å². The molecule has 0 aromatic heterocycles. The van der Waals surface area contributed by atoms with Gasteiger partial charge in [-0.15, -0.1) is 0 Å². The molecule has 2 fully saturated rings. The zero-order valence-electron chi connectivity index (χ0n) is 22.8. The highest BCUT2D eigenvalue weighted by Gasteiger charge is 2.44. The largest absolute Gasteiger partial charge is 0.465 e. The van der Waals surface area contributed by atoms with Crippen molar-refractivity contribution in [1.82, 2.24) is 9.80 Å². The maximum absolute atomic E-state index is 13.3. The summed E-state index contributed by atoms with van der Waals surface area (Å²) in [5.41, 5.74) is 3.99. The summed E-state index contributed by atoms with van der Waals surface area (Å²) in [5.74, 6) is 0.427. The summed E-state index contributed by atoms with van der Waals surface area (Å²) >= 11 is 0. The first kappa shape index (κ1) is 27.0. The van der Waals surface area contributed by atoms with Crippen molar-refractivity contribution in [2.24, 2.45) is 5.92 Å². The summed E-state index contributed by atoms with van der Waals surface area (Å²) < 4.78 is 5.12. The first-order chi connectivity index (χ1) is 19.1. The topological polar surface area (TPSA) is 49.9 Å². The van der Waals surface area contributed by atoms with E-state index in [1.807, 2.05) is 6.92 Å². The molecule has 2 aliphatic heterocycles. The molecule has 0 spiro atoms. The molecule has 0 saturated carbocycles. The minimum atomic E-state index is -0.521. The van der Waals surface area contributed by atoms with Gasteiger partial charge in [0.25, 0.3) is 0 Å². The van der Waals surface area contributed by atoms with Crippen LogP contribution in [0.3, 0.4) is 0 Å². The van der Waals surface area contributed by atoms with Crippen LogP contribution >= 0.6 is 0 Å². The molecule has 5 rings (SSSR count). The quantitative estimate of drug-likeness (QED) is 0.224. The van der Waals surface area contributed by atoms with E-state index in [1.54, 1.807) is 0 Å². The highest BCUT2D eigenvalue weighted by Crippen LogP contribution is 2.44. The lowest BCUT2D eigenvalue weighted by atomic mass is 9.74. The lowest BCUT2D eigenvalue weighted by Crippen LogP contribution is -2.52. The zero-order chi connectivity index (χ0) is 27.1. The number of hydrogen-bond donors (Lipinski definition) is 0. The van der Waals surface area contributed by atoms with Gasteiger partial charge in [0, 0.05) is 25.1 Å². The number of ether oxygens (including phenoxy) is 1. The van der Waals surface area contributed by atoms with Crippen molar-refractivity contribution in [1.29, 1.82) is 0 Å². The second-order valence-electron chi connectivity index (χ2n) is 10.5. The van der Waals surface area contributed by atoms with Gasteiger partial charge in [0.05, 0.1) is 18.7 Å². The average Bonchev–Trinajstić information content (AvgIpc) is 2.98. The molecule has 3 aromatic rings. The minimum absolute atomic E-state index is 0.161. The lowest BCUT2D eigenvalue weighted by molar-refractivity contribution is -0.144. The predicted octanol–water partition coefficient (Wildman–Crippen LogP) is 5.45. The molecule has 0 bridgehead atoms. The van der Waals surface area contributed by atoms with Crippen LogP contribution in [-0.4, -0.2) is 60.9 Å². The average molecular weight is 523 g/mol. The monoisotopic (exact) mass is 522 g/mol. The number of carbonyl (C=O) groups is 2. The van der Waals surface area contributed by atoms with Crippen LogP contribution in [0.25, 0.3) is 0 Å². The first-order valence-corrected chi connectivity index (χ1v) is 14.1. The van der Waals surface area contributed by atoms with Crippen molar-refractivity contribution in [3.63, 3.8) is 0 Å². The van der Waals surface area contributed by atoms with Crippen LogP contribution in [0.4, 0.5) is 0 Å². The molecule has 0 aliphatic carbocycles. The Labute approximate surface area is 232 Å². The molecular weight excluding hydrogens is 484 g/mol. The van der Waals surface area contributed by atoms with E-state index in [9.17, 15) is 9.59 Å². The van der Waals surface area contributed by atoms with Crippen molar-refractivity contribution < 1.29 is 14.3 Å². The summed E-state index contributed by atoms with van der Waals surface area (Å²) in [5, 5.41) is 0. The summed E-state index contributed by atoms with van der Waals surface area (Å²) in [6.45, 7) is 5.56. The highest BCUT2D eigenvalue weighted by atomic mass is 16.5. The van der Waals surface area contributed by atoms with Gasteiger partial charge in [0.2, 0.25) is 0 Å². The summed E-state index contributed by atoms with van der Waals surface area (Å²) in [6, 6.07) is 32.0. The molecule has 202 valence electrons. The number of allylic oxidation sites excluding steroid dienone is 1. The third-order valence-corrected chi connectivity index (χ3v) is 8.10. The van der Waals surface area contributed by atoms with Crippen molar-refractivity contribution in [2.75, 3.05) is 39.3 Å². The van der Waals surface area contributed by atoms with Gasteiger partial charge >= 0.3 is 5.97 Å². The van der Waals surface area contributed by atoms with Crippen LogP contribution < -0.4 is 0 Å². The number of likely N-dealkylation sites (tertiary alicyclic amines) is 2. The molecule has 2 aliphatic rings. The van der Waals surface area contributed by atoms with Gasteiger partial charge in [-0.3, -0.25) is 19.4 Å². The maximum Gasteiger partial charge on any atom is 0.320 e. The Bertz CT molecular complexity index is 1170. The maximum atomic E-state index is 13.3. The Balaban J connectivity index is 1.46. The van der Waals surface area contributed by atoms with Crippen molar-refractivity contribution in [3.8, 4) is 0 Å². The third-order valence-electron chi connectivity index (χ3n) is 8.10. The van der Waals surface area contributed by atoms with E-state index in [-0.39, 0.29) is 11.8 Å². The Morgan fingerprint density at radius 2 is 1.36 bits per heavy atom. The normalized spacial score (nSPS) is 18.8. The number of esters is 1. The smallest absolute Gasteiger partial charge is 0.320 e. The number of Topliss-reactive ketones (excluding diaryl/α,β-unsaturated/α-hetero) is 1. The van der Waals surface area contributed by atoms with Crippen LogP contribution in [0.2, 0.25) is 0 Å². The van der Waals surface area contributed by atoms with Gasteiger partial charge in [0.15, 0.2) is 5.78 Å². The van der Waals surface area contributed by atoms with Crippen LogP contribution in [0, 0.1) is 5.92 Å². The van der Waals surface area contributed by atoms with E-state index in [4.69, 9.17) is 4.74 Å². The van der Waals surface area contributed by atoms with E-state index in [0.29, 0.717) is 38.6 Å². The Morgan fingerprint density at radius 3 is 1.85 bits per heavy atom. The molecule has 0 atom stereocenters. The molecule has 0 amide bonds. The number of ketones is 1. The standard InChI is InChI=1S/C34H38N2O3/c1-2-39-33(38)26-35-21-18-27(19-22-35)24-28-25-36(23-20-32(28)37)34(29-12-6-3-7-13-29,30-14-8-4-9-15-30)31-16-10-5-11-17-31/h3-17,24,27H,2,18-23,25-26H2,1H3/b28-24-. The number of hydrogen-bond acceptors (Lipinski definition) is 5. The fourth-order valence-electron chi connectivity index (χ4n) is 6.24. The first-order valence-electron chi connectivity index (χ1n) is 14.1. The van der Waals surface area contributed by atoms with Crippen molar-refractivity contribution >= 4 is 11.8 Å². The third kappa shape index (κ3) is 5.90. The highest BCUT2D eigenvalue weighted by molar-refractivity contribution is 5.96. The van der Waals surface area contributed by atoms with E-state index in [1.165, 1.54) is 16.7 Å². The number of benzene rings is 3. The molecule has 39 heavy (non-hydrogen) atoms. The Hall–Kier alpha value is -3.54. The van der Waals surface area contributed by atoms with E-state index in [0.717, 1.165) is 31.5 Å². The molecule has 5 heteroatoms. The molecule has 0 radical (unpaired) electrons. The molecule has 0 unspecified atom stereocenters. The van der Waals surface area contributed by atoms with Gasteiger partial charge in [-0.05, 0) is 55.5 Å². The second-order valence-corrected chi connectivity index (χ2v) is 10.5. The summed E-state index contributed by atoms with van der Waals surface area (Å²) in [4.78, 5) is 29.8. The fourth-order valence-corrected chi connectivity index (χ4v) is 6.24. The fraction of sp³-hybridized carbons (Fsp3) is 0.353. The minimum Gasteiger partial charge on any atom is -0.465 e. The van der Waals surface area contributed by atoms with Crippen LogP contribution in [0.5, 0.6) is 0 Å². The van der Waals surface area contributed by atoms with E-state index < -0.39 is 5.54 Å². The van der Waals surface area contributed by atoms with Gasteiger partial charge in [0.1, 0.15) is 0 Å². The van der Waals surface area contributed by atoms with E-state index >= 15 is 0 Å². The summed E-state index contributed by atoms with van der Waals surface area (Å²) in [6.07, 6.45) is 4.62. The van der Waals surface area contributed by atoms with Gasteiger partial charge in [-0.2, -0.15) is 0 Å². The number of nitrogens with zero attached hydrogens (tertiary/aromatic N) is 2.